The first-order valence-electron chi connectivity index (χ1n) is 6.68. The first-order valence-corrected chi connectivity index (χ1v) is 8.26. The van der Waals surface area contributed by atoms with Crippen molar-refractivity contribution < 1.29 is 14.6 Å². The third-order valence-corrected chi connectivity index (χ3v) is 3.36. The van der Waals surface area contributed by atoms with E-state index in [-0.39, 0.29) is 6.61 Å². The standard InChI is InChI=1S/C15H20Br2O3/c1-2-12-11-13(19-9-4-3-8-18)5-6-14(12)20-10-7-15(16)17/h5-7,11,18H,2-4,8-10H2,1H3. The van der Waals surface area contributed by atoms with Gasteiger partial charge in [0.15, 0.2) is 0 Å². The lowest BCUT2D eigenvalue weighted by atomic mass is 10.1. The number of aliphatic hydroxyl groups is 1. The van der Waals surface area contributed by atoms with Crippen LogP contribution in [-0.2, 0) is 6.42 Å². The molecule has 3 nitrogen and oxygen atoms in total. The number of hydrogen-bond donors (Lipinski definition) is 1. The fourth-order valence-electron chi connectivity index (χ4n) is 1.66. The van der Waals surface area contributed by atoms with Crippen LogP contribution in [0.1, 0.15) is 25.3 Å². The van der Waals surface area contributed by atoms with E-state index in [9.17, 15) is 0 Å². The molecule has 5 heteroatoms. The molecule has 0 saturated carbocycles. The van der Waals surface area contributed by atoms with Crippen LogP contribution in [0.15, 0.2) is 27.7 Å². The second-order valence-corrected chi connectivity index (χ2v) is 6.98. The predicted octanol–water partition coefficient (Wildman–Crippen LogP) is 4.41. The summed E-state index contributed by atoms with van der Waals surface area (Å²) in [5.41, 5.74) is 1.13. The lowest BCUT2D eigenvalue weighted by molar-refractivity contribution is 0.253. The van der Waals surface area contributed by atoms with Crippen molar-refractivity contribution in [1.29, 1.82) is 0 Å². The van der Waals surface area contributed by atoms with Gasteiger partial charge in [0.05, 0.1) is 10.00 Å². The Kier molecular flexibility index (Phi) is 8.98. The molecule has 1 aromatic rings. The summed E-state index contributed by atoms with van der Waals surface area (Å²) in [7, 11) is 0. The van der Waals surface area contributed by atoms with E-state index in [0.717, 1.165) is 39.7 Å². The molecular weight excluding hydrogens is 388 g/mol. The average molecular weight is 408 g/mol. The lowest BCUT2D eigenvalue weighted by Crippen LogP contribution is -2.01. The van der Waals surface area contributed by atoms with Crippen molar-refractivity contribution in [3.05, 3.63) is 33.2 Å². The van der Waals surface area contributed by atoms with Crippen molar-refractivity contribution in [2.45, 2.75) is 26.2 Å². The SMILES string of the molecule is CCc1cc(OCCCCO)ccc1OCC=C(Br)Br. The first kappa shape index (κ1) is 17.5. The molecule has 0 aliphatic carbocycles. The third-order valence-electron chi connectivity index (χ3n) is 2.71. The summed E-state index contributed by atoms with van der Waals surface area (Å²) in [6, 6.07) is 5.87. The Balaban J connectivity index is 2.58. The molecule has 1 aromatic carbocycles. The van der Waals surface area contributed by atoms with Gasteiger partial charge in [-0.05, 0) is 81.0 Å². The number of halogens is 2. The summed E-state index contributed by atoms with van der Waals surface area (Å²) in [4.78, 5) is 0. The van der Waals surface area contributed by atoms with Crippen molar-refractivity contribution in [2.24, 2.45) is 0 Å². The highest BCUT2D eigenvalue weighted by Crippen LogP contribution is 2.25. The molecule has 0 heterocycles. The molecule has 0 atom stereocenters. The van der Waals surface area contributed by atoms with Gasteiger partial charge in [-0.2, -0.15) is 0 Å². The Morgan fingerprint density at radius 3 is 2.70 bits per heavy atom. The van der Waals surface area contributed by atoms with E-state index in [0.29, 0.717) is 13.2 Å². The molecule has 0 spiro atoms. The minimum atomic E-state index is 0.215. The highest BCUT2D eigenvalue weighted by atomic mass is 79.9. The highest BCUT2D eigenvalue weighted by Gasteiger charge is 2.04. The molecule has 0 bridgehead atoms. The summed E-state index contributed by atoms with van der Waals surface area (Å²) < 4.78 is 12.2. The lowest BCUT2D eigenvalue weighted by Gasteiger charge is -2.12. The molecule has 0 aliphatic heterocycles. The van der Waals surface area contributed by atoms with Crippen LogP contribution in [-0.4, -0.2) is 24.9 Å². The predicted molar refractivity (Wildman–Crippen MR) is 89.1 cm³/mol. The zero-order valence-electron chi connectivity index (χ0n) is 11.6. The Labute approximate surface area is 137 Å². The van der Waals surface area contributed by atoms with Crippen molar-refractivity contribution in [2.75, 3.05) is 19.8 Å². The number of aryl methyl sites for hydroxylation is 1. The van der Waals surface area contributed by atoms with Crippen LogP contribution in [0.3, 0.4) is 0 Å². The molecule has 0 aliphatic rings. The summed E-state index contributed by atoms with van der Waals surface area (Å²) in [6.45, 7) is 3.44. The van der Waals surface area contributed by atoms with E-state index in [1.54, 1.807) is 0 Å². The van der Waals surface area contributed by atoms with E-state index in [2.05, 4.69) is 38.8 Å². The summed E-state index contributed by atoms with van der Waals surface area (Å²) in [5, 5.41) is 8.72. The fraction of sp³-hybridized carbons (Fsp3) is 0.467. The van der Waals surface area contributed by atoms with Gasteiger partial charge >= 0.3 is 0 Å². The van der Waals surface area contributed by atoms with Crippen LogP contribution in [0.2, 0.25) is 0 Å². The van der Waals surface area contributed by atoms with Crippen LogP contribution in [0.25, 0.3) is 0 Å². The van der Waals surface area contributed by atoms with Gasteiger partial charge in [0.1, 0.15) is 18.1 Å². The normalized spacial score (nSPS) is 10.2. The Morgan fingerprint density at radius 2 is 2.05 bits per heavy atom. The van der Waals surface area contributed by atoms with E-state index in [4.69, 9.17) is 14.6 Å². The average Bonchev–Trinajstić information content (AvgIpc) is 2.44. The van der Waals surface area contributed by atoms with Crippen molar-refractivity contribution in [3.8, 4) is 11.5 Å². The van der Waals surface area contributed by atoms with Gasteiger partial charge in [0.2, 0.25) is 0 Å². The van der Waals surface area contributed by atoms with Crippen LogP contribution >= 0.6 is 31.9 Å². The molecular formula is C15H20Br2O3. The van der Waals surface area contributed by atoms with Crippen LogP contribution in [0.5, 0.6) is 11.5 Å². The van der Waals surface area contributed by atoms with Gasteiger partial charge in [-0.3, -0.25) is 0 Å². The number of hydrogen-bond acceptors (Lipinski definition) is 3. The Bertz CT molecular complexity index is 429. The second kappa shape index (κ2) is 10.2. The maximum atomic E-state index is 8.72. The molecule has 1 rings (SSSR count). The molecule has 0 fully saturated rings. The molecule has 0 aromatic heterocycles. The smallest absolute Gasteiger partial charge is 0.123 e. The van der Waals surface area contributed by atoms with Gasteiger partial charge in [0, 0.05) is 6.61 Å². The van der Waals surface area contributed by atoms with E-state index in [1.807, 2.05) is 24.3 Å². The largest absolute Gasteiger partial charge is 0.494 e. The number of ether oxygens (including phenoxy) is 2. The fourth-order valence-corrected chi connectivity index (χ4v) is 1.93. The number of unbranched alkanes of at least 4 members (excludes halogenated alkanes) is 1. The first-order chi connectivity index (χ1) is 9.67. The molecule has 112 valence electrons. The van der Waals surface area contributed by atoms with Gasteiger partial charge in [-0.15, -0.1) is 0 Å². The van der Waals surface area contributed by atoms with E-state index >= 15 is 0 Å². The van der Waals surface area contributed by atoms with Gasteiger partial charge in [-0.1, -0.05) is 6.92 Å². The van der Waals surface area contributed by atoms with Gasteiger partial charge in [0.25, 0.3) is 0 Å². The van der Waals surface area contributed by atoms with Gasteiger partial charge in [-0.25, -0.2) is 0 Å². The Hall–Kier alpha value is -0.520. The van der Waals surface area contributed by atoms with Crippen LogP contribution in [0, 0.1) is 0 Å². The molecule has 20 heavy (non-hydrogen) atoms. The van der Waals surface area contributed by atoms with Crippen molar-refractivity contribution in [1.82, 2.24) is 0 Å². The van der Waals surface area contributed by atoms with E-state index in [1.165, 1.54) is 0 Å². The second-order valence-electron chi connectivity index (χ2n) is 4.21. The minimum absolute atomic E-state index is 0.215. The maximum absolute atomic E-state index is 8.72. The number of rotatable bonds is 9. The maximum Gasteiger partial charge on any atom is 0.123 e. The van der Waals surface area contributed by atoms with Gasteiger partial charge < -0.3 is 14.6 Å². The third kappa shape index (κ3) is 6.77. The van der Waals surface area contributed by atoms with E-state index < -0.39 is 0 Å². The monoisotopic (exact) mass is 406 g/mol. The highest BCUT2D eigenvalue weighted by molar-refractivity contribution is 9.28. The molecule has 0 unspecified atom stereocenters. The number of benzene rings is 1. The zero-order valence-corrected chi connectivity index (χ0v) is 14.7. The van der Waals surface area contributed by atoms with Crippen molar-refractivity contribution in [3.63, 3.8) is 0 Å². The zero-order chi connectivity index (χ0) is 14.8. The quantitative estimate of drug-likeness (QED) is 0.616. The summed E-state index contributed by atoms with van der Waals surface area (Å²) >= 11 is 6.59. The summed E-state index contributed by atoms with van der Waals surface area (Å²) in [6.07, 6.45) is 4.43. The molecule has 1 N–H and O–H groups in total. The van der Waals surface area contributed by atoms with Crippen molar-refractivity contribution >= 4 is 31.9 Å². The Morgan fingerprint density at radius 1 is 1.25 bits per heavy atom. The van der Waals surface area contributed by atoms with Crippen LogP contribution in [0.4, 0.5) is 0 Å². The molecule has 0 saturated heterocycles. The topological polar surface area (TPSA) is 38.7 Å². The summed E-state index contributed by atoms with van der Waals surface area (Å²) in [5.74, 6) is 1.73. The molecule has 0 amide bonds. The van der Waals surface area contributed by atoms with Crippen LogP contribution < -0.4 is 9.47 Å². The molecule has 0 radical (unpaired) electrons. The number of aliphatic hydroxyl groups excluding tert-OH is 1. The minimum Gasteiger partial charge on any atom is -0.494 e.